The zero-order valence-electron chi connectivity index (χ0n) is 15.2. The molecule has 0 saturated carbocycles. The van der Waals surface area contributed by atoms with E-state index in [9.17, 15) is 14.4 Å². The molecule has 8 nitrogen and oxygen atoms in total. The van der Waals surface area contributed by atoms with Crippen molar-refractivity contribution < 1.29 is 9.53 Å². The van der Waals surface area contributed by atoms with Gasteiger partial charge in [0.1, 0.15) is 21.5 Å². The maximum absolute atomic E-state index is 12.7. The Hall–Kier alpha value is -2.16. The summed E-state index contributed by atoms with van der Waals surface area (Å²) >= 11 is 1.12. The molecule has 2 heterocycles. The molecule has 0 aliphatic heterocycles. The predicted molar refractivity (Wildman–Crippen MR) is 95.9 cm³/mol. The molecule has 25 heavy (non-hydrogen) atoms. The molecule has 0 fully saturated rings. The number of rotatable bonds is 5. The highest BCUT2D eigenvalue weighted by molar-refractivity contribution is 8.00. The molecule has 2 aromatic heterocycles. The van der Waals surface area contributed by atoms with Crippen LogP contribution in [0.15, 0.2) is 14.6 Å². The Kier molecular flexibility index (Phi) is 5.66. The number of carbonyl (C=O) groups is 1. The van der Waals surface area contributed by atoms with Crippen LogP contribution in [0.3, 0.4) is 0 Å². The van der Waals surface area contributed by atoms with Crippen molar-refractivity contribution in [3.05, 3.63) is 26.7 Å². The molecule has 2 aromatic rings. The van der Waals surface area contributed by atoms with E-state index in [0.29, 0.717) is 23.0 Å². The van der Waals surface area contributed by atoms with E-state index >= 15 is 0 Å². The monoisotopic (exact) mass is 366 g/mol. The maximum Gasteiger partial charge on any atom is 0.332 e. The lowest BCUT2D eigenvalue weighted by Gasteiger charge is -2.16. The highest BCUT2D eigenvalue weighted by atomic mass is 32.2. The van der Waals surface area contributed by atoms with Gasteiger partial charge in [0.05, 0.1) is 7.11 Å². The van der Waals surface area contributed by atoms with Crippen LogP contribution in [0.5, 0.6) is 0 Å². The van der Waals surface area contributed by atoms with E-state index < -0.39 is 22.5 Å². The van der Waals surface area contributed by atoms with Crippen LogP contribution in [0, 0.1) is 12.8 Å². The lowest BCUT2D eigenvalue weighted by molar-refractivity contribution is -0.139. The summed E-state index contributed by atoms with van der Waals surface area (Å²) in [5, 5.41) is 0.0743. The number of aryl methyl sites for hydroxylation is 1. The van der Waals surface area contributed by atoms with E-state index in [-0.39, 0.29) is 11.3 Å². The summed E-state index contributed by atoms with van der Waals surface area (Å²) in [5.74, 6) is 0.206. The van der Waals surface area contributed by atoms with Gasteiger partial charge >= 0.3 is 11.7 Å². The van der Waals surface area contributed by atoms with Crippen molar-refractivity contribution in [3.63, 3.8) is 0 Å². The predicted octanol–water partition coefficient (Wildman–Crippen LogP) is 1.11. The summed E-state index contributed by atoms with van der Waals surface area (Å²) in [6, 6.07) is 0. The number of hydrogen-bond donors (Lipinski definition) is 0. The summed E-state index contributed by atoms with van der Waals surface area (Å²) < 4.78 is 7.28. The third-order valence-corrected chi connectivity index (χ3v) is 4.69. The van der Waals surface area contributed by atoms with Crippen LogP contribution in [0.25, 0.3) is 11.0 Å². The van der Waals surface area contributed by atoms with E-state index in [1.54, 1.807) is 13.8 Å². The number of methoxy groups -OCH3 is 1. The summed E-state index contributed by atoms with van der Waals surface area (Å²) in [7, 11) is 2.74. The number of ether oxygens (including phenoxy) is 1. The highest BCUT2D eigenvalue weighted by Crippen LogP contribution is 2.27. The van der Waals surface area contributed by atoms with Gasteiger partial charge in [-0.1, -0.05) is 25.6 Å². The molecule has 136 valence electrons. The number of nitrogens with zero attached hydrogens (tertiary/aromatic N) is 4. The molecule has 9 heteroatoms. The molecule has 0 aromatic carbocycles. The zero-order valence-corrected chi connectivity index (χ0v) is 16.0. The fraction of sp³-hybridized carbons (Fsp3) is 0.562. The first-order valence-corrected chi connectivity index (χ1v) is 8.78. The van der Waals surface area contributed by atoms with Crippen LogP contribution in [-0.4, -0.2) is 37.4 Å². The smallest absolute Gasteiger partial charge is 0.332 e. The molecular formula is C16H22N4O4S. The van der Waals surface area contributed by atoms with Crippen molar-refractivity contribution in [2.75, 3.05) is 7.11 Å². The Labute approximate surface area is 149 Å². The van der Waals surface area contributed by atoms with E-state index in [2.05, 4.69) is 9.97 Å². The van der Waals surface area contributed by atoms with Gasteiger partial charge in [0.25, 0.3) is 5.56 Å². The Morgan fingerprint density at radius 3 is 2.44 bits per heavy atom. The molecule has 0 aliphatic carbocycles. The van der Waals surface area contributed by atoms with Crippen LogP contribution in [0.1, 0.15) is 26.6 Å². The van der Waals surface area contributed by atoms with Gasteiger partial charge in [0.15, 0.2) is 5.65 Å². The summed E-state index contributed by atoms with van der Waals surface area (Å²) in [6.45, 7) is 7.75. The second-order valence-corrected chi connectivity index (χ2v) is 7.54. The van der Waals surface area contributed by atoms with E-state index in [4.69, 9.17) is 4.74 Å². The summed E-state index contributed by atoms with van der Waals surface area (Å²) in [5.41, 5.74) is -0.588. The van der Waals surface area contributed by atoms with Crippen molar-refractivity contribution in [1.82, 2.24) is 19.1 Å². The van der Waals surface area contributed by atoms with Gasteiger partial charge in [-0.05, 0) is 19.8 Å². The Morgan fingerprint density at radius 2 is 1.88 bits per heavy atom. The fourth-order valence-electron chi connectivity index (χ4n) is 2.44. The number of esters is 1. The van der Waals surface area contributed by atoms with Crippen molar-refractivity contribution in [1.29, 1.82) is 0 Å². The molecule has 0 spiro atoms. The first-order valence-electron chi connectivity index (χ1n) is 7.90. The molecule has 0 aliphatic rings. The molecule has 0 unspecified atom stereocenters. The van der Waals surface area contributed by atoms with Crippen LogP contribution in [0.4, 0.5) is 0 Å². The molecule has 0 N–H and O–H groups in total. The van der Waals surface area contributed by atoms with Gasteiger partial charge < -0.3 is 4.74 Å². The number of aromatic nitrogens is 4. The number of thioether (sulfide) groups is 1. The van der Waals surface area contributed by atoms with Gasteiger partial charge in [-0.25, -0.2) is 14.8 Å². The lowest BCUT2D eigenvalue weighted by Crippen LogP contribution is -2.39. The largest absolute Gasteiger partial charge is 0.468 e. The minimum absolute atomic E-state index is 0.193. The minimum atomic E-state index is -0.544. The van der Waals surface area contributed by atoms with Gasteiger partial charge in [0, 0.05) is 13.6 Å². The van der Waals surface area contributed by atoms with E-state index in [1.807, 2.05) is 13.8 Å². The quantitative estimate of drug-likeness (QED) is 0.444. The molecule has 1 atom stereocenters. The summed E-state index contributed by atoms with van der Waals surface area (Å²) in [4.78, 5) is 45.6. The van der Waals surface area contributed by atoms with E-state index in [0.717, 1.165) is 16.3 Å². The number of hydrogen-bond acceptors (Lipinski definition) is 7. The molecule has 0 amide bonds. The van der Waals surface area contributed by atoms with Gasteiger partial charge in [-0.3, -0.25) is 18.7 Å². The maximum atomic E-state index is 12.7. The average Bonchev–Trinajstić information content (AvgIpc) is 2.55. The Balaban J connectivity index is 2.81. The first-order chi connectivity index (χ1) is 11.7. The second kappa shape index (κ2) is 7.38. The van der Waals surface area contributed by atoms with Crippen LogP contribution in [0.2, 0.25) is 0 Å². The highest BCUT2D eigenvalue weighted by Gasteiger charge is 2.22. The van der Waals surface area contributed by atoms with Gasteiger partial charge in [-0.15, -0.1) is 0 Å². The van der Waals surface area contributed by atoms with Crippen LogP contribution < -0.4 is 11.2 Å². The van der Waals surface area contributed by atoms with Gasteiger partial charge in [0.2, 0.25) is 0 Å². The van der Waals surface area contributed by atoms with Crippen molar-refractivity contribution in [3.8, 4) is 0 Å². The van der Waals surface area contributed by atoms with Crippen LogP contribution in [-0.2, 0) is 23.1 Å². The van der Waals surface area contributed by atoms with E-state index in [1.165, 1.54) is 18.7 Å². The standard InChI is InChI=1S/C16H22N4O4S/c1-8(2)7-20-12-11(14(21)19(5)16(20)23)13(18-10(4)17-12)25-9(3)15(22)24-6/h8-9H,7H2,1-6H3/t9-/m0/s1. The number of carbonyl (C=O) groups excluding carboxylic acids is 1. The third kappa shape index (κ3) is 3.76. The topological polar surface area (TPSA) is 96.1 Å². The van der Waals surface area contributed by atoms with Crippen molar-refractivity contribution in [2.24, 2.45) is 13.0 Å². The fourth-order valence-corrected chi connectivity index (χ4v) is 3.45. The minimum Gasteiger partial charge on any atom is -0.468 e. The summed E-state index contributed by atoms with van der Waals surface area (Å²) in [6.07, 6.45) is 0. The number of fused-ring (bicyclic) bond motifs is 1. The lowest BCUT2D eigenvalue weighted by atomic mass is 10.2. The van der Waals surface area contributed by atoms with Gasteiger partial charge in [-0.2, -0.15) is 0 Å². The molecule has 0 bridgehead atoms. The third-order valence-electron chi connectivity index (χ3n) is 3.63. The van der Waals surface area contributed by atoms with Crippen molar-refractivity contribution >= 4 is 28.8 Å². The average molecular weight is 366 g/mol. The van der Waals surface area contributed by atoms with Crippen molar-refractivity contribution in [2.45, 2.75) is 44.5 Å². The zero-order chi connectivity index (χ0) is 18.9. The molecule has 0 saturated heterocycles. The Morgan fingerprint density at radius 1 is 1.24 bits per heavy atom. The Bertz CT molecular complexity index is 932. The van der Waals surface area contributed by atoms with Crippen LogP contribution >= 0.6 is 11.8 Å². The molecule has 0 radical (unpaired) electrons. The molecule has 2 rings (SSSR count). The normalized spacial score (nSPS) is 12.6. The SMILES string of the molecule is COC(=O)[C@H](C)Sc1nc(C)nc2c1c(=O)n(C)c(=O)n2CC(C)C. The first kappa shape index (κ1) is 19.2. The second-order valence-electron chi connectivity index (χ2n) is 6.21. The molecular weight excluding hydrogens is 344 g/mol.